The molecule has 3 heterocycles. The van der Waals surface area contributed by atoms with E-state index >= 15 is 0 Å². The number of hydrogen-bond acceptors (Lipinski definition) is 3. The Bertz CT molecular complexity index is 1070. The lowest BCUT2D eigenvalue weighted by atomic mass is 9.89. The highest BCUT2D eigenvalue weighted by atomic mass is 16.1. The molecule has 4 nitrogen and oxygen atoms in total. The zero-order valence-corrected chi connectivity index (χ0v) is 16.4. The fraction of sp³-hybridized carbons (Fsp3) is 0.292. The predicted molar refractivity (Wildman–Crippen MR) is 115 cm³/mol. The zero-order chi connectivity index (χ0) is 19.3. The maximum atomic E-state index is 12.8. The third kappa shape index (κ3) is 2.76. The van der Waals surface area contributed by atoms with Crippen molar-refractivity contribution in [3.63, 3.8) is 0 Å². The summed E-state index contributed by atoms with van der Waals surface area (Å²) in [6.45, 7) is 2.25. The van der Waals surface area contributed by atoms with Crippen molar-refractivity contribution in [2.24, 2.45) is 0 Å². The van der Waals surface area contributed by atoms with Crippen LogP contribution in [0.1, 0.15) is 17.9 Å². The van der Waals surface area contributed by atoms with Crippen LogP contribution in [0.25, 0.3) is 16.8 Å². The van der Waals surface area contributed by atoms with Crippen molar-refractivity contribution in [3.05, 3.63) is 82.8 Å². The normalized spacial score (nSPS) is 21.4. The third-order valence-electron chi connectivity index (χ3n) is 6.38. The van der Waals surface area contributed by atoms with Crippen molar-refractivity contribution in [2.75, 3.05) is 32.1 Å². The van der Waals surface area contributed by atoms with Crippen LogP contribution in [0.3, 0.4) is 0 Å². The highest BCUT2D eigenvalue weighted by Crippen LogP contribution is 2.44. The summed E-state index contributed by atoms with van der Waals surface area (Å²) in [6.07, 6.45) is 3.08. The number of piperidine rings is 1. The van der Waals surface area contributed by atoms with Gasteiger partial charge in [-0.1, -0.05) is 36.4 Å². The number of likely N-dealkylation sites (tertiary alicyclic amines) is 1. The molecule has 1 saturated heterocycles. The lowest BCUT2D eigenvalue weighted by molar-refractivity contribution is 0.234. The van der Waals surface area contributed by atoms with E-state index in [-0.39, 0.29) is 5.56 Å². The molecule has 0 N–H and O–H groups in total. The van der Waals surface area contributed by atoms with Gasteiger partial charge in [-0.25, -0.2) is 0 Å². The molecule has 2 unspecified atom stereocenters. The van der Waals surface area contributed by atoms with Crippen LogP contribution in [0.15, 0.2) is 71.7 Å². The van der Waals surface area contributed by atoms with Gasteiger partial charge in [0, 0.05) is 43.5 Å². The topological polar surface area (TPSA) is 28.5 Å². The maximum Gasteiger partial charge on any atom is 0.255 e. The summed E-state index contributed by atoms with van der Waals surface area (Å²) in [5.41, 5.74) is 5.63. The molecule has 0 spiro atoms. The minimum atomic E-state index is -0.000831. The summed E-state index contributed by atoms with van der Waals surface area (Å²) in [7, 11) is 4.40. The fourth-order valence-electron chi connectivity index (χ4n) is 4.85. The van der Waals surface area contributed by atoms with Crippen LogP contribution in [0.2, 0.25) is 0 Å². The van der Waals surface area contributed by atoms with Gasteiger partial charge < -0.3 is 9.80 Å². The van der Waals surface area contributed by atoms with Crippen LogP contribution in [-0.2, 0) is 0 Å². The Morgan fingerprint density at radius 2 is 1.75 bits per heavy atom. The number of rotatable bonds is 2. The van der Waals surface area contributed by atoms with Gasteiger partial charge in [-0.3, -0.25) is 9.36 Å². The Morgan fingerprint density at radius 3 is 2.54 bits per heavy atom. The molecule has 0 saturated carbocycles. The van der Waals surface area contributed by atoms with Crippen molar-refractivity contribution in [2.45, 2.75) is 18.4 Å². The molecule has 5 rings (SSSR count). The SMILES string of the molecule is CN1CCC2C(C1)c1ccc(-n3ccc(-c4ccccc4)cc3=O)cc1N2C. The smallest absolute Gasteiger partial charge is 0.255 e. The molecule has 142 valence electrons. The number of benzene rings is 2. The van der Waals surface area contributed by atoms with E-state index in [9.17, 15) is 4.79 Å². The molecule has 0 bridgehead atoms. The molecule has 0 amide bonds. The molecule has 2 aromatic carbocycles. The second kappa shape index (κ2) is 6.64. The van der Waals surface area contributed by atoms with Gasteiger partial charge in [0.25, 0.3) is 5.56 Å². The molecule has 0 aliphatic carbocycles. The monoisotopic (exact) mass is 371 g/mol. The third-order valence-corrected chi connectivity index (χ3v) is 6.38. The summed E-state index contributed by atoms with van der Waals surface area (Å²) >= 11 is 0. The Kier molecular flexibility index (Phi) is 4.09. The second-order valence-electron chi connectivity index (χ2n) is 8.07. The van der Waals surface area contributed by atoms with Gasteiger partial charge in [0.1, 0.15) is 0 Å². The molecule has 1 aromatic heterocycles. The van der Waals surface area contributed by atoms with Crippen molar-refractivity contribution >= 4 is 5.69 Å². The summed E-state index contributed by atoms with van der Waals surface area (Å²) in [5.74, 6) is 0.560. The van der Waals surface area contributed by atoms with E-state index in [0.717, 1.165) is 29.9 Å². The first-order valence-corrected chi connectivity index (χ1v) is 9.95. The first-order chi connectivity index (χ1) is 13.6. The Balaban J connectivity index is 1.52. The average molecular weight is 371 g/mol. The minimum absolute atomic E-state index is 0.000831. The fourth-order valence-corrected chi connectivity index (χ4v) is 4.85. The summed E-state index contributed by atoms with van der Waals surface area (Å²) in [4.78, 5) is 17.7. The minimum Gasteiger partial charge on any atom is -0.371 e. The first-order valence-electron chi connectivity index (χ1n) is 9.95. The summed E-state index contributed by atoms with van der Waals surface area (Å²) in [6, 6.07) is 20.8. The van der Waals surface area contributed by atoms with Gasteiger partial charge in [0.05, 0.1) is 5.69 Å². The van der Waals surface area contributed by atoms with Crippen molar-refractivity contribution in [1.29, 1.82) is 0 Å². The molecule has 28 heavy (non-hydrogen) atoms. The van der Waals surface area contributed by atoms with Gasteiger partial charge >= 0.3 is 0 Å². The highest BCUT2D eigenvalue weighted by molar-refractivity contribution is 5.66. The number of fused-ring (bicyclic) bond motifs is 3. The van der Waals surface area contributed by atoms with E-state index in [4.69, 9.17) is 0 Å². The van der Waals surface area contributed by atoms with Crippen LogP contribution in [0, 0.1) is 0 Å². The number of anilines is 1. The maximum absolute atomic E-state index is 12.8. The number of nitrogens with zero attached hydrogens (tertiary/aromatic N) is 3. The van der Waals surface area contributed by atoms with E-state index in [1.165, 1.54) is 17.7 Å². The first kappa shape index (κ1) is 17.3. The molecular formula is C24H25N3O. The van der Waals surface area contributed by atoms with Crippen LogP contribution in [0.5, 0.6) is 0 Å². The van der Waals surface area contributed by atoms with Gasteiger partial charge in [0.15, 0.2) is 0 Å². The number of aromatic nitrogens is 1. The van der Waals surface area contributed by atoms with Gasteiger partial charge in [-0.2, -0.15) is 0 Å². The van der Waals surface area contributed by atoms with Crippen LogP contribution < -0.4 is 10.5 Å². The van der Waals surface area contributed by atoms with Crippen LogP contribution in [0.4, 0.5) is 5.69 Å². The van der Waals surface area contributed by atoms with Crippen LogP contribution in [-0.4, -0.2) is 42.7 Å². The van der Waals surface area contributed by atoms with E-state index in [0.29, 0.717) is 12.0 Å². The standard InChI is InChI=1S/C24H25N3O/c1-25-12-11-22-21(16-25)20-9-8-19(15-23(20)26(22)2)27-13-10-18(14-24(27)28)17-6-4-3-5-7-17/h3-10,13-15,21-22H,11-12,16H2,1-2H3. The summed E-state index contributed by atoms with van der Waals surface area (Å²) < 4.78 is 1.74. The Labute approximate surface area is 165 Å². The number of likely N-dealkylation sites (N-methyl/N-ethyl adjacent to an activating group) is 2. The molecule has 2 aliphatic heterocycles. The molecule has 4 heteroatoms. The van der Waals surface area contributed by atoms with Crippen molar-refractivity contribution < 1.29 is 0 Å². The number of hydrogen-bond donors (Lipinski definition) is 0. The second-order valence-corrected chi connectivity index (χ2v) is 8.07. The van der Waals surface area contributed by atoms with E-state index in [1.54, 1.807) is 10.6 Å². The molecule has 0 radical (unpaired) electrons. The van der Waals surface area contributed by atoms with Gasteiger partial charge in [-0.05, 0) is 54.9 Å². The Morgan fingerprint density at radius 1 is 0.929 bits per heavy atom. The molecular weight excluding hydrogens is 346 g/mol. The van der Waals surface area contributed by atoms with Crippen LogP contribution >= 0.6 is 0 Å². The van der Waals surface area contributed by atoms with E-state index in [2.05, 4.69) is 42.1 Å². The van der Waals surface area contributed by atoms with E-state index in [1.807, 2.05) is 42.6 Å². The molecule has 2 atom stereocenters. The lowest BCUT2D eigenvalue weighted by Crippen LogP contribution is -2.43. The summed E-state index contributed by atoms with van der Waals surface area (Å²) in [5, 5.41) is 0. The highest BCUT2D eigenvalue weighted by Gasteiger charge is 2.39. The molecule has 3 aromatic rings. The quantitative estimate of drug-likeness (QED) is 0.687. The zero-order valence-electron chi connectivity index (χ0n) is 16.4. The van der Waals surface area contributed by atoms with E-state index < -0.39 is 0 Å². The largest absolute Gasteiger partial charge is 0.371 e. The lowest BCUT2D eigenvalue weighted by Gasteiger charge is -2.35. The van der Waals surface area contributed by atoms with Crippen molar-refractivity contribution in [1.82, 2.24) is 9.47 Å². The molecule has 2 aliphatic rings. The van der Waals surface area contributed by atoms with Crippen molar-refractivity contribution in [3.8, 4) is 16.8 Å². The van der Waals surface area contributed by atoms with Gasteiger partial charge in [0.2, 0.25) is 0 Å². The van der Waals surface area contributed by atoms with Gasteiger partial charge in [-0.15, -0.1) is 0 Å². The number of pyridine rings is 1. The average Bonchev–Trinajstić information content (AvgIpc) is 2.99. The molecule has 1 fully saturated rings. The Hall–Kier alpha value is -2.85. The predicted octanol–water partition coefficient (Wildman–Crippen LogP) is 3.74.